The summed E-state index contributed by atoms with van der Waals surface area (Å²) in [5.74, 6) is 0. The Hall–Kier alpha value is -0.540. The molecule has 0 spiro atoms. The molecule has 7 nitrogen and oxygen atoms in total. The van der Waals surface area contributed by atoms with Crippen molar-refractivity contribution < 1.29 is 27.5 Å². The van der Waals surface area contributed by atoms with Gasteiger partial charge in [-0.25, -0.2) is 18.3 Å². The van der Waals surface area contributed by atoms with Gasteiger partial charge in [-0.2, -0.15) is 0 Å². The van der Waals surface area contributed by atoms with Crippen molar-refractivity contribution in [2.24, 2.45) is 4.99 Å². The van der Waals surface area contributed by atoms with Crippen LogP contribution < -0.4 is 5.32 Å². The summed E-state index contributed by atoms with van der Waals surface area (Å²) in [6.07, 6.45) is 1.86. The van der Waals surface area contributed by atoms with E-state index in [2.05, 4.69) is 19.5 Å². The first kappa shape index (κ1) is 11.5. The molecule has 0 aromatic heterocycles. The highest BCUT2D eigenvalue weighted by atomic mass is 32.3. The van der Waals surface area contributed by atoms with E-state index in [9.17, 15) is 13.0 Å². The van der Waals surface area contributed by atoms with E-state index in [0.29, 0.717) is 0 Å². The van der Waals surface area contributed by atoms with Crippen molar-refractivity contribution in [1.82, 2.24) is 0 Å². The summed E-state index contributed by atoms with van der Waals surface area (Å²) in [5.41, 5.74) is 0. The first-order valence-corrected chi connectivity index (χ1v) is 4.39. The van der Waals surface area contributed by atoms with Crippen LogP contribution in [-0.4, -0.2) is 39.5 Å². The summed E-state index contributed by atoms with van der Waals surface area (Å²) in [7, 11) is -3.72. The molecule has 0 amide bonds. The molecule has 1 aliphatic rings. The van der Waals surface area contributed by atoms with Crippen LogP contribution in [0.4, 0.5) is 0 Å². The van der Waals surface area contributed by atoms with Gasteiger partial charge in [0.05, 0.1) is 13.7 Å². The fourth-order valence-electron chi connectivity index (χ4n) is 0.456. The normalized spacial score (nSPS) is 15.5. The monoisotopic (exact) mass is 198 g/mol. The molecule has 0 fully saturated rings. The maximum absolute atomic E-state index is 9.33. The number of rotatable bonds is 2. The highest BCUT2D eigenvalue weighted by Crippen LogP contribution is 1.81. The zero-order valence-electron chi connectivity index (χ0n) is 6.47. The maximum Gasteiger partial charge on any atom is 0.245 e. The van der Waals surface area contributed by atoms with Crippen LogP contribution in [0.2, 0.25) is 0 Å². The highest BCUT2D eigenvalue weighted by Gasteiger charge is 1.88. The largest absolute Gasteiger partial charge is 0.724 e. The average molecular weight is 198 g/mol. The summed E-state index contributed by atoms with van der Waals surface area (Å²) in [4.78, 5) is 7.41. The van der Waals surface area contributed by atoms with E-state index in [4.69, 9.17) is 0 Å². The lowest BCUT2D eigenvalue weighted by molar-refractivity contribution is -0.518. The predicted molar refractivity (Wildman–Crippen MR) is 37.9 cm³/mol. The van der Waals surface area contributed by atoms with E-state index in [1.165, 1.54) is 0 Å². The molecule has 0 atom stereocenters. The van der Waals surface area contributed by atoms with Crippen LogP contribution in [0.3, 0.4) is 0 Å². The summed E-state index contributed by atoms with van der Waals surface area (Å²) in [6.45, 7) is 2.17. The molecule has 2 N–H and O–H groups in total. The summed E-state index contributed by atoms with van der Waals surface area (Å²) >= 11 is 0. The minimum atomic E-state index is -4.65. The van der Waals surface area contributed by atoms with E-state index >= 15 is 0 Å². The molecule has 0 aromatic carbocycles. The second-order valence-electron chi connectivity index (χ2n) is 1.72. The fraction of sp³-hybridized carbons (Fsp3) is 0.750. The van der Waals surface area contributed by atoms with Crippen molar-refractivity contribution in [2.75, 3.05) is 20.2 Å². The highest BCUT2D eigenvalue weighted by molar-refractivity contribution is 7.80. The number of hydrogen-bond donors (Lipinski definition) is 1. The SMILES string of the molecule is C1=NCC[NH2+]1.COOS(=O)(=O)[O-]. The smallest absolute Gasteiger partial charge is 0.245 e. The van der Waals surface area contributed by atoms with Gasteiger partial charge in [0.2, 0.25) is 10.4 Å². The molecule has 1 aliphatic heterocycles. The van der Waals surface area contributed by atoms with Gasteiger partial charge in [-0.1, -0.05) is 0 Å². The Morgan fingerprint density at radius 2 is 2.33 bits per heavy atom. The quantitative estimate of drug-likeness (QED) is 0.231. The molecule has 0 bridgehead atoms. The van der Waals surface area contributed by atoms with Gasteiger partial charge in [-0.05, 0) is 0 Å². The first-order chi connectivity index (χ1) is 5.56. The van der Waals surface area contributed by atoms with E-state index in [0.717, 1.165) is 20.2 Å². The van der Waals surface area contributed by atoms with Crippen LogP contribution >= 0.6 is 0 Å². The Bertz CT molecular complexity index is 218. The lowest BCUT2D eigenvalue weighted by Gasteiger charge is -2.00. The Morgan fingerprint density at radius 1 is 1.67 bits per heavy atom. The van der Waals surface area contributed by atoms with Crippen LogP contribution in [0.5, 0.6) is 0 Å². The van der Waals surface area contributed by atoms with Gasteiger partial charge in [-0.15, -0.1) is 4.33 Å². The third-order valence-electron chi connectivity index (χ3n) is 0.787. The maximum atomic E-state index is 9.33. The average Bonchev–Trinajstić information content (AvgIpc) is 2.38. The molecule has 72 valence electrons. The molecule has 8 heteroatoms. The van der Waals surface area contributed by atoms with E-state index < -0.39 is 10.4 Å². The van der Waals surface area contributed by atoms with E-state index in [1.807, 2.05) is 6.34 Å². The number of nitrogens with two attached hydrogens (primary N) is 1. The summed E-state index contributed by atoms with van der Waals surface area (Å²) < 4.78 is 31.1. The zero-order valence-corrected chi connectivity index (χ0v) is 7.28. The molecule has 12 heavy (non-hydrogen) atoms. The third-order valence-corrected chi connectivity index (χ3v) is 1.09. The Balaban J connectivity index is 0.000000211. The summed E-state index contributed by atoms with van der Waals surface area (Å²) in [5, 5.41) is 2.07. The molecule has 0 aliphatic carbocycles. The van der Waals surface area contributed by atoms with Crippen molar-refractivity contribution in [1.29, 1.82) is 0 Å². The lowest BCUT2D eigenvalue weighted by atomic mass is 10.7. The van der Waals surface area contributed by atoms with Crippen LogP contribution in [0.1, 0.15) is 0 Å². The molecule has 0 aromatic rings. The second kappa shape index (κ2) is 6.03. The zero-order chi connectivity index (χ0) is 9.45. The predicted octanol–water partition coefficient (Wildman–Crippen LogP) is -2.38. The summed E-state index contributed by atoms with van der Waals surface area (Å²) in [6, 6.07) is 0. The molecule has 1 heterocycles. The second-order valence-corrected chi connectivity index (χ2v) is 2.68. The lowest BCUT2D eigenvalue weighted by Crippen LogP contribution is -2.80. The minimum absolute atomic E-state index is 0.926. The van der Waals surface area contributed by atoms with Crippen molar-refractivity contribution >= 4 is 16.7 Å². The third kappa shape index (κ3) is 9.46. The molecular weight excluding hydrogens is 188 g/mol. The number of aliphatic imine (C=N–C) groups is 1. The molecule has 1 rings (SSSR count). The Kier molecular flexibility index (Phi) is 5.76. The standard InChI is InChI=1S/C3H6N2.CH4O5S/c1-2-5-3-4-1;1-5-6-7(2,3)4/h3H,1-2H2,(H,4,5);1H3,(H,2,3,4). The van der Waals surface area contributed by atoms with Crippen molar-refractivity contribution in [3.05, 3.63) is 0 Å². The minimum Gasteiger partial charge on any atom is -0.724 e. The van der Waals surface area contributed by atoms with Crippen molar-refractivity contribution in [2.45, 2.75) is 0 Å². The van der Waals surface area contributed by atoms with Crippen LogP contribution in [0.15, 0.2) is 4.99 Å². The van der Waals surface area contributed by atoms with Gasteiger partial charge in [0.25, 0.3) is 0 Å². The van der Waals surface area contributed by atoms with Gasteiger partial charge in [0, 0.05) is 0 Å². The first-order valence-electron chi connectivity index (χ1n) is 3.06. The van der Waals surface area contributed by atoms with Crippen LogP contribution in [-0.2, 0) is 19.6 Å². The molecular formula is C4H10N2O5S. The molecule has 0 unspecified atom stereocenters. The number of nitrogens with zero attached hydrogens (tertiary/aromatic N) is 1. The molecule has 0 radical (unpaired) electrons. The van der Waals surface area contributed by atoms with E-state index in [1.54, 1.807) is 0 Å². The van der Waals surface area contributed by atoms with Crippen molar-refractivity contribution in [3.63, 3.8) is 0 Å². The number of quaternary nitrogens is 1. The van der Waals surface area contributed by atoms with Crippen LogP contribution in [0, 0.1) is 0 Å². The van der Waals surface area contributed by atoms with Crippen LogP contribution in [0.25, 0.3) is 0 Å². The van der Waals surface area contributed by atoms with E-state index in [-0.39, 0.29) is 0 Å². The van der Waals surface area contributed by atoms with Gasteiger partial charge in [0.1, 0.15) is 6.54 Å². The Morgan fingerprint density at radius 3 is 2.42 bits per heavy atom. The number of hydrogen-bond acceptors (Lipinski definition) is 6. The fourth-order valence-corrected chi connectivity index (χ4v) is 0.623. The molecule has 0 saturated carbocycles. The van der Waals surface area contributed by atoms with Gasteiger partial charge in [-0.3, -0.25) is 0 Å². The van der Waals surface area contributed by atoms with Gasteiger partial charge in [0.15, 0.2) is 6.34 Å². The Labute approximate surface area is 70.3 Å². The van der Waals surface area contributed by atoms with Gasteiger partial charge < -0.3 is 9.87 Å². The topological polar surface area (TPSA) is 105 Å². The molecule has 0 saturated heterocycles. The van der Waals surface area contributed by atoms with Crippen molar-refractivity contribution in [3.8, 4) is 0 Å². The van der Waals surface area contributed by atoms with Gasteiger partial charge >= 0.3 is 0 Å².